The standard InChI is InChI=1S/C15H21N5/c1-4-20(10-14-7-5-6-11(2)18-14)15-17-9-13(8-16)12(3)19-15/h5-7,9H,4,8,10,16H2,1-3H3. The number of hydrogen-bond donors (Lipinski definition) is 1. The molecule has 0 spiro atoms. The summed E-state index contributed by atoms with van der Waals surface area (Å²) >= 11 is 0. The van der Waals surface area contributed by atoms with E-state index in [0.717, 1.165) is 35.1 Å². The van der Waals surface area contributed by atoms with Crippen LogP contribution in [0.3, 0.4) is 0 Å². The van der Waals surface area contributed by atoms with Gasteiger partial charge in [0.05, 0.1) is 12.2 Å². The minimum Gasteiger partial charge on any atom is -0.335 e. The van der Waals surface area contributed by atoms with Gasteiger partial charge in [-0.05, 0) is 32.9 Å². The first-order valence-corrected chi connectivity index (χ1v) is 6.84. The third kappa shape index (κ3) is 3.30. The molecule has 5 heteroatoms. The lowest BCUT2D eigenvalue weighted by atomic mass is 10.2. The van der Waals surface area contributed by atoms with Crippen LogP contribution in [-0.4, -0.2) is 21.5 Å². The van der Waals surface area contributed by atoms with Gasteiger partial charge in [0.1, 0.15) is 0 Å². The molecular formula is C15H21N5. The SMILES string of the molecule is CCN(Cc1cccc(C)n1)c1ncc(CN)c(C)n1. The van der Waals surface area contributed by atoms with Crippen LogP contribution < -0.4 is 10.6 Å². The predicted molar refractivity (Wildman–Crippen MR) is 80.4 cm³/mol. The number of aryl methyl sites for hydroxylation is 2. The fraction of sp³-hybridized carbons (Fsp3) is 0.400. The molecule has 2 aromatic rings. The van der Waals surface area contributed by atoms with E-state index in [9.17, 15) is 0 Å². The first-order chi connectivity index (χ1) is 9.63. The Labute approximate surface area is 119 Å². The van der Waals surface area contributed by atoms with Crippen molar-refractivity contribution < 1.29 is 0 Å². The average molecular weight is 271 g/mol. The normalized spacial score (nSPS) is 10.6. The van der Waals surface area contributed by atoms with Crippen molar-refractivity contribution in [3.63, 3.8) is 0 Å². The molecule has 2 aromatic heterocycles. The maximum Gasteiger partial charge on any atom is 0.225 e. The van der Waals surface area contributed by atoms with Gasteiger partial charge >= 0.3 is 0 Å². The van der Waals surface area contributed by atoms with Crippen LogP contribution in [0, 0.1) is 13.8 Å². The van der Waals surface area contributed by atoms with Crippen molar-refractivity contribution in [3.8, 4) is 0 Å². The topological polar surface area (TPSA) is 67.9 Å². The summed E-state index contributed by atoms with van der Waals surface area (Å²) in [5, 5.41) is 0. The third-order valence-corrected chi connectivity index (χ3v) is 3.25. The molecule has 2 heterocycles. The molecule has 5 nitrogen and oxygen atoms in total. The van der Waals surface area contributed by atoms with Crippen LogP contribution >= 0.6 is 0 Å². The van der Waals surface area contributed by atoms with E-state index < -0.39 is 0 Å². The zero-order chi connectivity index (χ0) is 14.5. The van der Waals surface area contributed by atoms with Crippen molar-refractivity contribution in [2.75, 3.05) is 11.4 Å². The first-order valence-electron chi connectivity index (χ1n) is 6.84. The molecule has 0 atom stereocenters. The second-order valence-electron chi connectivity index (χ2n) is 4.77. The number of nitrogens with zero attached hydrogens (tertiary/aromatic N) is 4. The van der Waals surface area contributed by atoms with E-state index in [1.165, 1.54) is 0 Å². The van der Waals surface area contributed by atoms with Crippen LogP contribution in [0.2, 0.25) is 0 Å². The summed E-state index contributed by atoms with van der Waals surface area (Å²) in [5.41, 5.74) is 9.62. The highest BCUT2D eigenvalue weighted by atomic mass is 15.2. The number of rotatable bonds is 5. The molecule has 2 rings (SSSR count). The molecule has 0 saturated heterocycles. The van der Waals surface area contributed by atoms with E-state index in [4.69, 9.17) is 5.73 Å². The Balaban J connectivity index is 2.22. The van der Waals surface area contributed by atoms with Gasteiger partial charge in [-0.1, -0.05) is 6.07 Å². The Morgan fingerprint density at radius 3 is 2.60 bits per heavy atom. The number of pyridine rings is 1. The Kier molecular flexibility index (Phi) is 4.63. The van der Waals surface area contributed by atoms with Gasteiger partial charge < -0.3 is 10.6 Å². The first kappa shape index (κ1) is 14.4. The number of aromatic nitrogens is 3. The lowest BCUT2D eigenvalue weighted by molar-refractivity contribution is 0.764. The van der Waals surface area contributed by atoms with E-state index in [0.29, 0.717) is 13.1 Å². The van der Waals surface area contributed by atoms with Gasteiger partial charge in [-0.3, -0.25) is 4.98 Å². The Bertz CT molecular complexity index is 582. The second kappa shape index (κ2) is 6.43. The third-order valence-electron chi connectivity index (χ3n) is 3.25. The molecule has 20 heavy (non-hydrogen) atoms. The molecule has 0 amide bonds. The lowest BCUT2D eigenvalue weighted by Gasteiger charge is -2.21. The summed E-state index contributed by atoms with van der Waals surface area (Å²) in [6.07, 6.45) is 1.81. The molecule has 2 N–H and O–H groups in total. The summed E-state index contributed by atoms with van der Waals surface area (Å²) in [7, 11) is 0. The van der Waals surface area contributed by atoms with Crippen LogP contribution in [0.15, 0.2) is 24.4 Å². The minimum atomic E-state index is 0.470. The van der Waals surface area contributed by atoms with Crippen LogP contribution in [0.4, 0.5) is 5.95 Å². The average Bonchev–Trinajstić information content (AvgIpc) is 2.44. The minimum absolute atomic E-state index is 0.470. The molecule has 0 unspecified atom stereocenters. The molecule has 0 aliphatic rings. The van der Waals surface area contributed by atoms with E-state index in [1.54, 1.807) is 0 Å². The van der Waals surface area contributed by atoms with Crippen molar-refractivity contribution in [3.05, 3.63) is 47.0 Å². The molecule has 0 aliphatic carbocycles. The van der Waals surface area contributed by atoms with E-state index in [-0.39, 0.29) is 0 Å². The molecule has 0 aliphatic heterocycles. The molecule has 0 aromatic carbocycles. The maximum atomic E-state index is 5.65. The largest absolute Gasteiger partial charge is 0.335 e. The zero-order valence-electron chi connectivity index (χ0n) is 12.3. The predicted octanol–water partition coefficient (Wildman–Crippen LogP) is 1.97. The van der Waals surface area contributed by atoms with E-state index in [1.807, 2.05) is 38.2 Å². The van der Waals surface area contributed by atoms with Gasteiger partial charge in [0, 0.05) is 36.2 Å². The summed E-state index contributed by atoms with van der Waals surface area (Å²) in [6.45, 7) is 8.06. The lowest BCUT2D eigenvalue weighted by Crippen LogP contribution is -2.25. The zero-order valence-corrected chi connectivity index (χ0v) is 12.3. The highest BCUT2D eigenvalue weighted by Crippen LogP contribution is 2.13. The highest BCUT2D eigenvalue weighted by molar-refractivity contribution is 5.33. The molecule has 0 saturated carbocycles. The Morgan fingerprint density at radius 2 is 2.00 bits per heavy atom. The summed E-state index contributed by atoms with van der Waals surface area (Å²) in [6, 6.07) is 6.04. The smallest absolute Gasteiger partial charge is 0.225 e. The molecule has 0 fully saturated rings. The van der Waals surface area contributed by atoms with Crippen molar-refractivity contribution in [1.29, 1.82) is 0 Å². The number of hydrogen-bond acceptors (Lipinski definition) is 5. The highest BCUT2D eigenvalue weighted by Gasteiger charge is 2.11. The fourth-order valence-electron chi connectivity index (χ4n) is 2.04. The number of anilines is 1. The van der Waals surface area contributed by atoms with Gasteiger partial charge in [-0.2, -0.15) is 0 Å². The van der Waals surface area contributed by atoms with Crippen molar-refractivity contribution >= 4 is 5.95 Å². The molecule has 0 radical (unpaired) electrons. The monoisotopic (exact) mass is 271 g/mol. The van der Waals surface area contributed by atoms with Crippen LogP contribution in [0.25, 0.3) is 0 Å². The quantitative estimate of drug-likeness (QED) is 0.900. The van der Waals surface area contributed by atoms with Gasteiger partial charge in [0.25, 0.3) is 0 Å². The Morgan fingerprint density at radius 1 is 1.20 bits per heavy atom. The van der Waals surface area contributed by atoms with Crippen molar-refractivity contribution in [2.45, 2.75) is 33.9 Å². The molecule has 106 valence electrons. The molecular weight excluding hydrogens is 250 g/mol. The maximum absolute atomic E-state index is 5.65. The van der Waals surface area contributed by atoms with Crippen LogP contribution in [0.5, 0.6) is 0 Å². The summed E-state index contributed by atoms with van der Waals surface area (Å²) in [4.78, 5) is 15.6. The van der Waals surface area contributed by atoms with Gasteiger partial charge in [0.15, 0.2) is 0 Å². The number of nitrogens with two attached hydrogens (primary N) is 1. The van der Waals surface area contributed by atoms with E-state index in [2.05, 4.69) is 26.8 Å². The van der Waals surface area contributed by atoms with Gasteiger partial charge in [0.2, 0.25) is 5.95 Å². The summed E-state index contributed by atoms with van der Waals surface area (Å²) in [5.74, 6) is 0.727. The van der Waals surface area contributed by atoms with E-state index >= 15 is 0 Å². The van der Waals surface area contributed by atoms with Gasteiger partial charge in [-0.25, -0.2) is 9.97 Å². The fourth-order valence-corrected chi connectivity index (χ4v) is 2.04. The van der Waals surface area contributed by atoms with Crippen LogP contribution in [0.1, 0.15) is 29.6 Å². The summed E-state index contributed by atoms with van der Waals surface area (Å²) < 4.78 is 0. The van der Waals surface area contributed by atoms with Gasteiger partial charge in [-0.15, -0.1) is 0 Å². The van der Waals surface area contributed by atoms with Crippen molar-refractivity contribution in [1.82, 2.24) is 15.0 Å². The van der Waals surface area contributed by atoms with Crippen molar-refractivity contribution in [2.24, 2.45) is 5.73 Å². The Hall–Kier alpha value is -2.01. The molecule has 0 bridgehead atoms. The second-order valence-corrected chi connectivity index (χ2v) is 4.77. The van der Waals surface area contributed by atoms with Crippen LogP contribution in [-0.2, 0) is 13.1 Å².